The number of benzene rings is 1. The molecule has 0 aliphatic carbocycles. The second-order valence-corrected chi connectivity index (χ2v) is 6.24. The number of nitrogens with one attached hydrogen (secondary N) is 2. The summed E-state index contributed by atoms with van der Waals surface area (Å²) >= 11 is 6.19. The van der Waals surface area contributed by atoms with Crippen LogP contribution in [0.4, 0.5) is 30.5 Å². The van der Waals surface area contributed by atoms with Crippen LogP contribution in [0.3, 0.4) is 0 Å². The average molecular weight is 427 g/mol. The van der Waals surface area contributed by atoms with E-state index in [4.69, 9.17) is 16.3 Å². The number of amides is 1. The number of aromatic nitrogens is 4. The summed E-state index contributed by atoms with van der Waals surface area (Å²) in [6, 6.07) is 6.91. The van der Waals surface area contributed by atoms with E-state index >= 15 is 0 Å². The summed E-state index contributed by atoms with van der Waals surface area (Å²) in [6.07, 6.45) is -3.31. The number of anilines is 3. The second-order valence-electron chi connectivity index (χ2n) is 5.83. The molecule has 0 bridgehead atoms. The van der Waals surface area contributed by atoms with Gasteiger partial charge in [0, 0.05) is 31.8 Å². The molecule has 0 saturated heterocycles. The van der Waals surface area contributed by atoms with Crippen LogP contribution in [-0.4, -0.2) is 25.7 Å². The SMILES string of the molecule is CC(=O)Nc1cc(Nc2ccc(Oc3cc(C(F)(F)F)nn3C)c(Cl)c2)ncn1. The summed E-state index contributed by atoms with van der Waals surface area (Å²) in [4.78, 5) is 19.0. The summed E-state index contributed by atoms with van der Waals surface area (Å²) in [5, 5.41) is 9.04. The lowest BCUT2D eigenvalue weighted by Gasteiger charge is -2.11. The summed E-state index contributed by atoms with van der Waals surface area (Å²) in [6.45, 7) is 1.35. The Morgan fingerprint density at radius 2 is 1.90 bits per heavy atom. The molecule has 3 aromatic rings. The predicted octanol–water partition coefficient (Wildman–Crippen LogP) is 4.38. The predicted molar refractivity (Wildman–Crippen MR) is 99.4 cm³/mol. The topological polar surface area (TPSA) is 94.0 Å². The van der Waals surface area contributed by atoms with E-state index in [1.54, 1.807) is 6.07 Å². The van der Waals surface area contributed by atoms with E-state index in [1.165, 1.54) is 38.5 Å². The lowest BCUT2D eigenvalue weighted by atomic mass is 10.3. The van der Waals surface area contributed by atoms with E-state index in [2.05, 4.69) is 25.7 Å². The number of hydrogen-bond donors (Lipinski definition) is 2. The molecule has 0 aliphatic rings. The van der Waals surface area contributed by atoms with Crippen molar-refractivity contribution in [2.45, 2.75) is 13.1 Å². The van der Waals surface area contributed by atoms with Gasteiger partial charge in [-0.2, -0.15) is 18.3 Å². The van der Waals surface area contributed by atoms with Crippen LogP contribution >= 0.6 is 11.6 Å². The van der Waals surface area contributed by atoms with Crippen LogP contribution in [0, 0.1) is 0 Å². The maximum Gasteiger partial charge on any atom is 0.435 e. The molecular weight excluding hydrogens is 413 g/mol. The number of halogens is 4. The molecule has 2 heterocycles. The normalized spacial score (nSPS) is 11.2. The average Bonchev–Trinajstić information content (AvgIpc) is 2.98. The number of carbonyl (C=O) groups excluding carboxylic acids is 1. The van der Waals surface area contributed by atoms with Crippen molar-refractivity contribution in [1.82, 2.24) is 19.7 Å². The van der Waals surface area contributed by atoms with Gasteiger partial charge in [0.1, 0.15) is 23.7 Å². The number of nitrogens with zero attached hydrogens (tertiary/aromatic N) is 4. The second kappa shape index (κ2) is 7.95. The van der Waals surface area contributed by atoms with E-state index in [9.17, 15) is 18.0 Å². The molecule has 0 spiro atoms. The Bertz CT molecular complexity index is 1050. The van der Waals surface area contributed by atoms with Crippen LogP contribution in [0.5, 0.6) is 11.6 Å². The molecule has 1 amide bonds. The maximum atomic E-state index is 12.8. The molecule has 2 aromatic heterocycles. The Morgan fingerprint density at radius 1 is 1.17 bits per heavy atom. The largest absolute Gasteiger partial charge is 0.438 e. The number of hydrogen-bond acceptors (Lipinski definition) is 6. The smallest absolute Gasteiger partial charge is 0.435 e. The zero-order valence-electron chi connectivity index (χ0n) is 15.1. The zero-order valence-corrected chi connectivity index (χ0v) is 15.8. The van der Waals surface area contributed by atoms with Gasteiger partial charge in [-0.25, -0.2) is 14.6 Å². The number of ether oxygens (including phenoxy) is 1. The molecule has 29 heavy (non-hydrogen) atoms. The van der Waals surface area contributed by atoms with Gasteiger partial charge in [-0.1, -0.05) is 11.6 Å². The van der Waals surface area contributed by atoms with Gasteiger partial charge in [-0.15, -0.1) is 0 Å². The van der Waals surface area contributed by atoms with E-state index in [0.717, 1.165) is 10.7 Å². The third-order valence-electron chi connectivity index (χ3n) is 3.52. The van der Waals surface area contributed by atoms with E-state index < -0.39 is 11.9 Å². The van der Waals surface area contributed by atoms with Crippen molar-refractivity contribution in [3.63, 3.8) is 0 Å². The summed E-state index contributed by atoms with van der Waals surface area (Å²) in [5.74, 6) is 0.474. The molecular formula is C17H14ClF3N6O2. The number of aryl methyl sites for hydroxylation is 1. The van der Waals surface area contributed by atoms with E-state index in [0.29, 0.717) is 17.3 Å². The van der Waals surface area contributed by atoms with Crippen LogP contribution in [-0.2, 0) is 18.0 Å². The molecule has 0 atom stereocenters. The van der Waals surface area contributed by atoms with Gasteiger partial charge < -0.3 is 15.4 Å². The molecule has 0 radical (unpaired) electrons. The molecule has 0 unspecified atom stereocenters. The summed E-state index contributed by atoms with van der Waals surface area (Å²) in [7, 11) is 1.33. The van der Waals surface area contributed by atoms with Gasteiger partial charge in [0.2, 0.25) is 11.8 Å². The van der Waals surface area contributed by atoms with Crippen molar-refractivity contribution in [3.8, 4) is 11.6 Å². The standard InChI is InChI=1S/C17H14ClF3N6O2/c1-9(28)24-14-7-15(23-8-22-14)25-10-3-4-12(11(18)5-10)29-16-6-13(17(19,20)21)26-27(16)2/h3-8H,1-2H3,(H2,22,23,24,25,28). The first kappa shape index (κ1) is 20.4. The minimum absolute atomic E-state index is 0.115. The molecule has 0 aliphatic heterocycles. The van der Waals surface area contributed by atoms with Crippen LogP contribution < -0.4 is 15.4 Å². The molecule has 3 rings (SSSR count). The molecule has 0 fully saturated rings. The molecule has 8 nitrogen and oxygen atoms in total. The van der Waals surface area contributed by atoms with Crippen molar-refractivity contribution in [3.05, 3.63) is 47.4 Å². The van der Waals surface area contributed by atoms with Gasteiger partial charge in [-0.05, 0) is 18.2 Å². The third kappa shape index (κ3) is 5.13. The van der Waals surface area contributed by atoms with Crippen molar-refractivity contribution in [1.29, 1.82) is 0 Å². The highest BCUT2D eigenvalue weighted by Crippen LogP contribution is 2.35. The van der Waals surface area contributed by atoms with E-state index in [1.807, 2.05) is 0 Å². The lowest BCUT2D eigenvalue weighted by Crippen LogP contribution is -2.08. The van der Waals surface area contributed by atoms with Crippen LogP contribution in [0.25, 0.3) is 0 Å². The fourth-order valence-corrected chi connectivity index (χ4v) is 2.50. The highest BCUT2D eigenvalue weighted by molar-refractivity contribution is 6.32. The minimum atomic E-state index is -4.58. The monoisotopic (exact) mass is 426 g/mol. The van der Waals surface area contributed by atoms with Crippen molar-refractivity contribution >= 4 is 34.8 Å². The number of rotatable bonds is 5. The first-order chi connectivity index (χ1) is 13.6. The molecule has 0 saturated carbocycles. The maximum absolute atomic E-state index is 12.8. The first-order valence-electron chi connectivity index (χ1n) is 8.07. The Hall–Kier alpha value is -3.34. The van der Waals surface area contributed by atoms with Gasteiger partial charge in [-0.3, -0.25) is 4.79 Å². The molecule has 12 heteroatoms. The van der Waals surface area contributed by atoms with Crippen molar-refractivity contribution in [2.75, 3.05) is 10.6 Å². The number of alkyl halides is 3. The van der Waals surface area contributed by atoms with Gasteiger partial charge in [0.15, 0.2) is 5.69 Å². The Labute approximate surface area is 167 Å². The van der Waals surface area contributed by atoms with E-state index in [-0.39, 0.29) is 22.6 Å². The molecule has 2 N–H and O–H groups in total. The Morgan fingerprint density at radius 3 is 2.52 bits per heavy atom. The molecule has 152 valence electrons. The van der Waals surface area contributed by atoms with Crippen LogP contribution in [0.1, 0.15) is 12.6 Å². The third-order valence-corrected chi connectivity index (χ3v) is 3.81. The Kier molecular flexibility index (Phi) is 5.59. The van der Waals surface area contributed by atoms with Gasteiger partial charge in [0.25, 0.3) is 0 Å². The molecule has 1 aromatic carbocycles. The van der Waals surface area contributed by atoms with Gasteiger partial charge in [0.05, 0.1) is 5.02 Å². The zero-order chi connectivity index (χ0) is 21.2. The minimum Gasteiger partial charge on any atom is -0.438 e. The number of carbonyl (C=O) groups is 1. The summed E-state index contributed by atoms with van der Waals surface area (Å²) in [5.41, 5.74) is -0.529. The van der Waals surface area contributed by atoms with Gasteiger partial charge >= 0.3 is 6.18 Å². The fourth-order valence-electron chi connectivity index (χ4n) is 2.28. The van der Waals surface area contributed by atoms with Crippen molar-refractivity contribution in [2.24, 2.45) is 7.05 Å². The van der Waals surface area contributed by atoms with Crippen molar-refractivity contribution < 1.29 is 22.7 Å². The quantitative estimate of drug-likeness (QED) is 0.629. The summed E-state index contributed by atoms with van der Waals surface area (Å²) < 4.78 is 44.7. The van der Waals surface area contributed by atoms with Crippen LogP contribution in [0.15, 0.2) is 36.7 Å². The first-order valence-corrected chi connectivity index (χ1v) is 8.45. The highest BCUT2D eigenvalue weighted by atomic mass is 35.5. The lowest BCUT2D eigenvalue weighted by molar-refractivity contribution is -0.141. The van der Waals surface area contributed by atoms with Crippen LogP contribution in [0.2, 0.25) is 5.02 Å². The highest BCUT2D eigenvalue weighted by Gasteiger charge is 2.35. The Balaban J connectivity index is 1.76. The fraction of sp³-hybridized carbons (Fsp3) is 0.176.